The molecule has 2 N–H and O–H groups in total. The zero-order valence-electron chi connectivity index (χ0n) is 40.6. The molecule has 10 atom stereocenters. The predicted molar refractivity (Wildman–Crippen MR) is 271 cm³/mol. The topological polar surface area (TPSA) is 69.5 Å². The van der Waals surface area contributed by atoms with Gasteiger partial charge in [0.25, 0.3) is 0 Å². The number of alkyl halides is 13. The first-order chi connectivity index (χ1) is 35.3. The number of hydrogen-bond donors (Lipinski definition) is 2. The van der Waals surface area contributed by atoms with E-state index in [-0.39, 0.29) is 81.9 Å². The summed E-state index contributed by atoms with van der Waals surface area (Å²) in [6.07, 6.45) is -9.79. The number of hydrogen-bond acceptors (Lipinski definition) is 5. The Kier molecular flexibility index (Phi) is 19.3. The Labute approximate surface area is 458 Å². The third-order valence-electron chi connectivity index (χ3n) is 15.5. The van der Waals surface area contributed by atoms with E-state index < -0.39 is 65.2 Å². The summed E-state index contributed by atoms with van der Waals surface area (Å²) in [6.45, 7) is 11.0. The second kappa shape index (κ2) is 24.2. The van der Waals surface area contributed by atoms with Crippen molar-refractivity contribution in [2.24, 2.45) is 23.7 Å². The van der Waals surface area contributed by atoms with Crippen LogP contribution in [0.25, 0.3) is 21.8 Å². The molecule has 6 aromatic rings. The first-order valence-electron chi connectivity index (χ1n) is 24.3. The molecule has 8 heterocycles. The maximum absolute atomic E-state index is 13.6. The van der Waals surface area contributed by atoms with E-state index in [2.05, 4.69) is 56.1 Å². The monoisotopic (exact) mass is 1220 g/mol. The van der Waals surface area contributed by atoms with Crippen molar-refractivity contribution in [2.45, 2.75) is 94.0 Å². The van der Waals surface area contributed by atoms with Gasteiger partial charge in [-0.3, -0.25) is 14.9 Å². The summed E-state index contributed by atoms with van der Waals surface area (Å²) in [5.74, 6) is 1.58. The molecule has 2 aromatic heterocycles. The van der Waals surface area contributed by atoms with Crippen LogP contribution in [0.3, 0.4) is 0 Å². The standard InChI is InChI=1S/C28H27F6N2O.C19H22N2O.C9H5BrF6.CH4.BrH/c1-2-18-16-36(15-17-11-20(27(29,30)31)14-21(12-17)28(32,33)34)10-8-19(18)13-25(36)26(37)23-7-9-35-24-6-4-3-5-22(23)24;1-2-13-12-21-10-8-14(13)11-18(21)19(22)16-7-9-20-17-6-4-3-5-15(16)17;10-4-5-1-6(8(11,12)13)3-7(2-5)9(14,15)16;;/h2-7,9,11-12,14,18-19,25-26,37H,1,8,10,13,15-16H2;2-7,9,13-14,18-19,22H,1,8,10-12H2;1-3H,4H2;1H4;1H/q+1;;;;/p-1/t18?,19?,25?,26-,36?;13?,14?,18?,19-;;;/m11.../s1. The fourth-order valence-electron chi connectivity index (χ4n) is 11.8. The number of rotatable bonds is 9. The molecule has 0 spiro atoms. The number of quaternary nitrogens is 1. The summed E-state index contributed by atoms with van der Waals surface area (Å²) < 4.78 is 155. The summed E-state index contributed by atoms with van der Waals surface area (Å²) in [5, 5.41) is 24.5. The van der Waals surface area contributed by atoms with Gasteiger partial charge in [0.05, 0.1) is 52.5 Å². The lowest BCUT2D eigenvalue weighted by Crippen LogP contribution is -3.00. The molecule has 6 nitrogen and oxygen atoms in total. The SMILES string of the molecule is C.C=CC1CN2CCC1CC2[C@H](O)c1ccnc2ccccc12.C=CC1C[N+]2(Cc3cc(C(F)(F)F)cc(C(F)(F)F)c3)CCC1CC2[C@H](O)c1ccnc2ccccc12.FC(F)(F)c1cc(CBr)cc(C(F)(F)F)c1.[Br-]. The molecule has 6 saturated heterocycles. The van der Waals surface area contributed by atoms with Crippen LogP contribution in [0, 0.1) is 23.7 Å². The molecule has 20 heteroatoms. The second-order valence-corrected chi connectivity index (χ2v) is 20.5. The van der Waals surface area contributed by atoms with Gasteiger partial charge in [-0.15, -0.1) is 13.2 Å². The molecule has 12 rings (SSSR count). The van der Waals surface area contributed by atoms with Gasteiger partial charge in [0, 0.05) is 65.4 Å². The summed E-state index contributed by atoms with van der Waals surface area (Å²) >= 11 is 2.82. The average molecular weight is 1220 g/mol. The van der Waals surface area contributed by atoms with Crippen LogP contribution in [0.2, 0.25) is 0 Å². The van der Waals surface area contributed by atoms with Crippen molar-refractivity contribution in [3.8, 4) is 0 Å². The Morgan fingerprint density at radius 2 is 1.08 bits per heavy atom. The third-order valence-corrected chi connectivity index (χ3v) is 16.2. The Hall–Kier alpha value is -4.86. The highest BCUT2D eigenvalue weighted by atomic mass is 79.9. The molecule has 0 amide bonds. The molecule has 6 aliphatic heterocycles. The van der Waals surface area contributed by atoms with Crippen molar-refractivity contribution in [2.75, 3.05) is 26.2 Å². The lowest BCUT2D eigenvalue weighted by molar-refractivity contribution is -0.984. The molecule has 4 aromatic carbocycles. The van der Waals surface area contributed by atoms with Gasteiger partial charge < -0.3 is 31.7 Å². The molecule has 8 unspecified atom stereocenters. The fourth-order valence-corrected chi connectivity index (χ4v) is 12.1. The lowest BCUT2D eigenvalue weighted by Gasteiger charge is -2.58. The van der Waals surface area contributed by atoms with Crippen LogP contribution in [0.5, 0.6) is 0 Å². The first-order valence-corrected chi connectivity index (χ1v) is 25.5. The molecule has 6 fully saturated rings. The van der Waals surface area contributed by atoms with Crippen LogP contribution in [-0.4, -0.2) is 67.8 Å². The number of aliphatic hydroxyl groups excluding tert-OH is 2. The third kappa shape index (κ3) is 13.6. The number of aliphatic hydroxyl groups is 2. The van der Waals surface area contributed by atoms with Crippen molar-refractivity contribution in [1.29, 1.82) is 0 Å². The Morgan fingerprint density at radius 1 is 0.623 bits per heavy atom. The first kappa shape index (κ1) is 61.4. The largest absolute Gasteiger partial charge is 1.00 e. The van der Waals surface area contributed by atoms with E-state index in [1.54, 1.807) is 12.3 Å². The maximum Gasteiger partial charge on any atom is 0.416 e. The highest BCUT2D eigenvalue weighted by molar-refractivity contribution is 9.08. The zero-order valence-corrected chi connectivity index (χ0v) is 43.8. The number of piperidine rings is 6. The lowest BCUT2D eigenvalue weighted by atomic mass is 9.71. The van der Waals surface area contributed by atoms with Crippen molar-refractivity contribution < 1.29 is 84.4 Å². The molecule has 4 bridgehead atoms. The van der Waals surface area contributed by atoms with Gasteiger partial charge in [-0.1, -0.05) is 71.9 Å². The molecule has 77 heavy (non-hydrogen) atoms. The molecule has 0 saturated carbocycles. The number of nitrogens with zero attached hydrogens (tertiary/aromatic N) is 4. The van der Waals surface area contributed by atoms with Crippen LogP contribution in [0.1, 0.15) is 89.8 Å². The van der Waals surface area contributed by atoms with Gasteiger partial charge in [0.2, 0.25) is 0 Å². The summed E-state index contributed by atoms with van der Waals surface area (Å²) in [4.78, 5) is 11.2. The smallest absolute Gasteiger partial charge is 0.416 e. The summed E-state index contributed by atoms with van der Waals surface area (Å²) in [6, 6.07) is 22.2. The van der Waals surface area contributed by atoms with Crippen LogP contribution in [-0.2, 0) is 36.6 Å². The molecule has 0 radical (unpaired) electrons. The van der Waals surface area contributed by atoms with Gasteiger partial charge in [0.1, 0.15) is 18.7 Å². The number of fused-ring (bicyclic) bond motifs is 8. The van der Waals surface area contributed by atoms with Gasteiger partial charge in [0.15, 0.2) is 0 Å². The quantitative estimate of drug-likeness (QED) is 0.0653. The van der Waals surface area contributed by atoms with Crippen molar-refractivity contribution in [1.82, 2.24) is 14.9 Å². The van der Waals surface area contributed by atoms with Gasteiger partial charge >= 0.3 is 24.7 Å². The predicted octanol–water partition coefficient (Wildman–Crippen LogP) is 12.3. The molecular weight excluding hydrogens is 1160 g/mol. The van der Waals surface area contributed by atoms with Crippen LogP contribution in [0.4, 0.5) is 52.7 Å². The van der Waals surface area contributed by atoms with E-state index in [4.69, 9.17) is 0 Å². The van der Waals surface area contributed by atoms with E-state index in [0.29, 0.717) is 54.6 Å². The van der Waals surface area contributed by atoms with E-state index in [1.165, 1.54) is 6.42 Å². The maximum atomic E-state index is 13.6. The molecular formula is C57H58Br2F12N4O2. The Morgan fingerprint density at radius 3 is 1.52 bits per heavy atom. The van der Waals surface area contributed by atoms with Crippen LogP contribution >= 0.6 is 15.9 Å². The number of halogens is 14. The van der Waals surface area contributed by atoms with E-state index >= 15 is 0 Å². The molecule has 6 aliphatic rings. The fraction of sp³-hybridized carbons (Fsp3) is 0.404. The number of aromatic nitrogens is 2. The number of para-hydroxylation sites is 2. The minimum absolute atomic E-state index is 0. The van der Waals surface area contributed by atoms with Crippen LogP contribution < -0.4 is 17.0 Å². The van der Waals surface area contributed by atoms with Gasteiger partial charge in [-0.2, -0.15) is 52.7 Å². The second-order valence-electron chi connectivity index (χ2n) is 20.0. The van der Waals surface area contributed by atoms with Crippen molar-refractivity contribution in [3.63, 3.8) is 0 Å². The molecule has 416 valence electrons. The highest BCUT2D eigenvalue weighted by Crippen LogP contribution is 2.49. The van der Waals surface area contributed by atoms with E-state index in [9.17, 15) is 62.9 Å². The van der Waals surface area contributed by atoms with Crippen molar-refractivity contribution >= 4 is 37.7 Å². The van der Waals surface area contributed by atoms with E-state index in [0.717, 1.165) is 59.9 Å². The van der Waals surface area contributed by atoms with Gasteiger partial charge in [-0.25, -0.2) is 0 Å². The summed E-state index contributed by atoms with van der Waals surface area (Å²) in [7, 11) is 0. The zero-order chi connectivity index (χ0) is 54.3. The number of benzene rings is 4. The van der Waals surface area contributed by atoms with Gasteiger partial charge in [-0.05, 0) is 114 Å². The minimum Gasteiger partial charge on any atom is -1.00 e. The van der Waals surface area contributed by atoms with Crippen molar-refractivity contribution in [3.05, 3.63) is 179 Å². The highest BCUT2D eigenvalue weighted by Gasteiger charge is 2.54. The normalized spacial score (nSPS) is 24.7. The summed E-state index contributed by atoms with van der Waals surface area (Å²) in [5.41, 5.74) is -2.00. The molecule has 0 aliphatic carbocycles. The van der Waals surface area contributed by atoms with E-state index in [1.807, 2.05) is 60.8 Å². The average Bonchev–Trinajstić information content (AvgIpc) is 3.43. The number of pyridine rings is 2. The van der Waals surface area contributed by atoms with Crippen LogP contribution in [0.15, 0.2) is 135 Å². The Bertz CT molecular complexity index is 2930. The minimum atomic E-state index is -4.91. The Balaban J connectivity index is 0.000000204.